The monoisotopic (exact) mass is 290 g/mol. The van der Waals surface area contributed by atoms with Crippen LogP contribution in [0.3, 0.4) is 0 Å². The van der Waals surface area contributed by atoms with Crippen LogP contribution in [0.1, 0.15) is 21.7 Å². The minimum Gasteiger partial charge on any atom is -0.490 e. The number of benzene rings is 1. The molecule has 0 unspecified atom stereocenters. The van der Waals surface area contributed by atoms with Crippen LogP contribution in [0.2, 0.25) is 0 Å². The molecule has 0 spiro atoms. The molecule has 2 aromatic rings. The largest absolute Gasteiger partial charge is 0.490 e. The lowest BCUT2D eigenvalue weighted by molar-refractivity contribution is 0.0696. The van der Waals surface area contributed by atoms with Crippen molar-refractivity contribution < 1.29 is 19.4 Å². The molecule has 21 heavy (non-hydrogen) atoms. The molecule has 2 rings (SSSR count). The summed E-state index contributed by atoms with van der Waals surface area (Å²) in [6.07, 6.45) is 0. The summed E-state index contributed by atoms with van der Waals surface area (Å²) in [5, 5.41) is 13.2. The zero-order valence-electron chi connectivity index (χ0n) is 12.3. The molecule has 0 saturated heterocycles. The quantitative estimate of drug-likeness (QED) is 0.826. The molecule has 1 N–H and O–H groups in total. The maximum atomic E-state index is 10.9. The number of aromatic carboxylic acids is 1. The van der Waals surface area contributed by atoms with Gasteiger partial charge >= 0.3 is 5.97 Å². The van der Waals surface area contributed by atoms with Crippen LogP contribution in [0.5, 0.6) is 11.5 Å². The summed E-state index contributed by atoms with van der Waals surface area (Å²) in [6.45, 7) is 4.52. The minimum absolute atomic E-state index is 0.201. The Morgan fingerprint density at radius 3 is 2.62 bits per heavy atom. The first-order chi connectivity index (χ1) is 9.99. The second-order valence-corrected chi connectivity index (χ2v) is 4.65. The summed E-state index contributed by atoms with van der Waals surface area (Å²) in [7, 11) is 1.86. The fraction of sp³-hybridized carbons (Fsp3) is 0.333. The Labute approximate surface area is 122 Å². The van der Waals surface area contributed by atoms with Crippen LogP contribution in [0, 0.1) is 13.8 Å². The summed E-state index contributed by atoms with van der Waals surface area (Å²) < 4.78 is 12.9. The number of ether oxygens (including phenoxy) is 2. The number of nitrogens with zero attached hydrogens (tertiary/aromatic N) is 2. The number of hydrogen-bond acceptors (Lipinski definition) is 4. The van der Waals surface area contributed by atoms with E-state index in [0.29, 0.717) is 19.0 Å². The Kier molecular flexibility index (Phi) is 4.47. The lowest BCUT2D eigenvalue weighted by atomic mass is 10.2. The summed E-state index contributed by atoms with van der Waals surface area (Å²) in [6, 6.07) is 6.37. The van der Waals surface area contributed by atoms with Crippen LogP contribution in [-0.2, 0) is 7.05 Å². The van der Waals surface area contributed by atoms with E-state index in [4.69, 9.17) is 14.6 Å². The molecule has 0 aliphatic carbocycles. The van der Waals surface area contributed by atoms with E-state index in [1.165, 1.54) is 12.1 Å². The van der Waals surface area contributed by atoms with Crippen molar-refractivity contribution in [3.05, 3.63) is 41.2 Å². The fourth-order valence-electron chi connectivity index (χ4n) is 1.99. The topological polar surface area (TPSA) is 73.6 Å². The molecule has 0 radical (unpaired) electrons. The van der Waals surface area contributed by atoms with E-state index in [0.717, 1.165) is 17.1 Å². The summed E-state index contributed by atoms with van der Waals surface area (Å²) in [5.74, 6) is 0.303. The highest BCUT2D eigenvalue weighted by molar-refractivity contribution is 5.87. The van der Waals surface area contributed by atoms with Gasteiger partial charge in [-0.05, 0) is 32.0 Å². The van der Waals surface area contributed by atoms with Gasteiger partial charge in [-0.3, -0.25) is 4.68 Å². The van der Waals surface area contributed by atoms with Gasteiger partial charge in [0, 0.05) is 7.05 Å². The summed E-state index contributed by atoms with van der Waals surface area (Å²) in [4.78, 5) is 10.9. The maximum absolute atomic E-state index is 10.9. The van der Waals surface area contributed by atoms with Crippen LogP contribution in [-0.4, -0.2) is 34.1 Å². The van der Waals surface area contributed by atoms with Gasteiger partial charge in [-0.1, -0.05) is 6.07 Å². The third-order valence-corrected chi connectivity index (χ3v) is 3.12. The molecule has 6 heteroatoms. The van der Waals surface area contributed by atoms with Crippen molar-refractivity contribution in [2.45, 2.75) is 13.8 Å². The second kappa shape index (κ2) is 6.30. The maximum Gasteiger partial charge on any atom is 0.335 e. The van der Waals surface area contributed by atoms with Crippen LogP contribution < -0.4 is 9.47 Å². The molecule has 0 fully saturated rings. The first-order valence-electron chi connectivity index (χ1n) is 6.58. The van der Waals surface area contributed by atoms with Crippen molar-refractivity contribution in [1.82, 2.24) is 9.78 Å². The lowest BCUT2D eigenvalue weighted by Gasteiger charge is -2.09. The predicted molar refractivity (Wildman–Crippen MR) is 77.1 cm³/mol. The van der Waals surface area contributed by atoms with Gasteiger partial charge in [0.05, 0.1) is 11.3 Å². The molecule has 1 aromatic carbocycles. The van der Waals surface area contributed by atoms with E-state index in [2.05, 4.69) is 5.10 Å². The molecule has 0 bridgehead atoms. The lowest BCUT2D eigenvalue weighted by Crippen LogP contribution is -2.10. The number of carboxylic acid groups (broad SMARTS) is 1. The van der Waals surface area contributed by atoms with Crippen molar-refractivity contribution >= 4 is 5.97 Å². The van der Waals surface area contributed by atoms with Crippen LogP contribution in [0.15, 0.2) is 24.3 Å². The van der Waals surface area contributed by atoms with Crippen molar-refractivity contribution in [1.29, 1.82) is 0 Å². The van der Waals surface area contributed by atoms with Crippen LogP contribution >= 0.6 is 0 Å². The first kappa shape index (κ1) is 14.9. The Bertz CT molecular complexity index is 649. The Morgan fingerprint density at radius 1 is 1.29 bits per heavy atom. The van der Waals surface area contributed by atoms with E-state index < -0.39 is 5.97 Å². The van der Waals surface area contributed by atoms with Gasteiger partial charge in [-0.15, -0.1) is 0 Å². The van der Waals surface area contributed by atoms with Gasteiger partial charge in [-0.25, -0.2) is 4.79 Å². The van der Waals surface area contributed by atoms with Gasteiger partial charge in [-0.2, -0.15) is 5.10 Å². The molecule has 1 heterocycles. The third kappa shape index (κ3) is 3.53. The number of rotatable bonds is 6. The highest BCUT2D eigenvalue weighted by atomic mass is 16.5. The van der Waals surface area contributed by atoms with Gasteiger partial charge in [0.2, 0.25) is 0 Å². The second-order valence-electron chi connectivity index (χ2n) is 4.65. The van der Waals surface area contributed by atoms with E-state index in [1.807, 2.05) is 20.9 Å². The molecule has 0 aliphatic rings. The normalized spacial score (nSPS) is 10.4. The molecule has 0 amide bonds. The van der Waals surface area contributed by atoms with Gasteiger partial charge in [0.25, 0.3) is 0 Å². The predicted octanol–water partition coefficient (Wildman–Crippen LogP) is 2.19. The van der Waals surface area contributed by atoms with Crippen molar-refractivity contribution in [3.8, 4) is 11.5 Å². The number of aryl methyl sites for hydroxylation is 2. The standard InChI is InChI=1S/C15H18N2O4/c1-10-14(11(2)17(3)16-10)21-8-7-20-13-6-4-5-12(9-13)15(18)19/h4-6,9H,7-8H2,1-3H3,(H,18,19). The molecule has 0 saturated carbocycles. The van der Waals surface area contributed by atoms with E-state index >= 15 is 0 Å². The highest BCUT2D eigenvalue weighted by Crippen LogP contribution is 2.21. The molecule has 6 nitrogen and oxygen atoms in total. The van der Waals surface area contributed by atoms with Gasteiger partial charge in [0.15, 0.2) is 5.75 Å². The van der Waals surface area contributed by atoms with E-state index in [-0.39, 0.29) is 5.56 Å². The molecule has 1 aromatic heterocycles. The first-order valence-corrected chi connectivity index (χ1v) is 6.58. The number of carbonyl (C=O) groups is 1. The zero-order valence-corrected chi connectivity index (χ0v) is 12.3. The Hall–Kier alpha value is -2.50. The zero-order chi connectivity index (χ0) is 15.4. The van der Waals surface area contributed by atoms with E-state index in [9.17, 15) is 4.79 Å². The van der Waals surface area contributed by atoms with Crippen LogP contribution in [0.4, 0.5) is 0 Å². The smallest absolute Gasteiger partial charge is 0.335 e. The SMILES string of the molecule is Cc1nn(C)c(C)c1OCCOc1cccc(C(=O)O)c1. The minimum atomic E-state index is -0.974. The number of aromatic nitrogens is 2. The van der Waals surface area contributed by atoms with Crippen LogP contribution in [0.25, 0.3) is 0 Å². The number of hydrogen-bond donors (Lipinski definition) is 1. The molecule has 0 atom stereocenters. The molecular formula is C15H18N2O4. The van der Waals surface area contributed by atoms with Gasteiger partial charge in [0.1, 0.15) is 24.7 Å². The Balaban J connectivity index is 1.87. The van der Waals surface area contributed by atoms with Crippen molar-refractivity contribution in [3.63, 3.8) is 0 Å². The third-order valence-electron chi connectivity index (χ3n) is 3.12. The van der Waals surface area contributed by atoms with Crippen molar-refractivity contribution in [2.75, 3.05) is 13.2 Å². The van der Waals surface area contributed by atoms with Gasteiger partial charge < -0.3 is 14.6 Å². The molecule has 0 aliphatic heterocycles. The number of carboxylic acids is 1. The summed E-state index contributed by atoms with van der Waals surface area (Å²) >= 11 is 0. The molecular weight excluding hydrogens is 272 g/mol. The van der Waals surface area contributed by atoms with E-state index in [1.54, 1.807) is 16.8 Å². The summed E-state index contributed by atoms with van der Waals surface area (Å²) in [5.41, 5.74) is 2.00. The Morgan fingerprint density at radius 2 is 2.00 bits per heavy atom. The average molecular weight is 290 g/mol. The average Bonchev–Trinajstić information content (AvgIpc) is 2.69. The molecule has 112 valence electrons. The fourth-order valence-corrected chi connectivity index (χ4v) is 1.99. The van der Waals surface area contributed by atoms with Crippen molar-refractivity contribution in [2.24, 2.45) is 7.05 Å². The highest BCUT2D eigenvalue weighted by Gasteiger charge is 2.10.